The van der Waals surface area contributed by atoms with Gasteiger partial charge in [-0.05, 0) is 47.7 Å². The van der Waals surface area contributed by atoms with E-state index >= 15 is 0 Å². The molecule has 0 amide bonds. The average molecular weight is 290 g/mol. The van der Waals surface area contributed by atoms with Gasteiger partial charge in [-0.2, -0.15) is 0 Å². The molecule has 0 bridgehead atoms. The number of pyridine rings is 1. The number of nitrogens with one attached hydrogen (secondary N) is 1. The van der Waals surface area contributed by atoms with Crippen LogP contribution >= 0.6 is 22.6 Å². The lowest BCUT2D eigenvalue weighted by molar-refractivity contribution is 0.222. The van der Waals surface area contributed by atoms with Gasteiger partial charge in [-0.15, -0.1) is 0 Å². The topological polar surface area (TPSA) is 34.1 Å². The lowest BCUT2D eigenvalue weighted by Gasteiger charge is -2.11. The van der Waals surface area contributed by atoms with Gasteiger partial charge in [-0.3, -0.25) is 0 Å². The molecule has 2 heterocycles. The highest BCUT2D eigenvalue weighted by Crippen LogP contribution is 2.14. The molecular weight excluding hydrogens is 279 g/mol. The summed E-state index contributed by atoms with van der Waals surface area (Å²) in [6.07, 6.45) is 3.19. The van der Waals surface area contributed by atoms with Crippen molar-refractivity contribution in [3.63, 3.8) is 0 Å². The second kappa shape index (κ2) is 4.23. The molecule has 0 radical (unpaired) electrons. The van der Waals surface area contributed by atoms with Crippen LogP contribution in [-0.2, 0) is 0 Å². The number of hydrogen-bond acceptors (Lipinski definition) is 3. The van der Waals surface area contributed by atoms with Crippen molar-refractivity contribution in [2.24, 2.45) is 0 Å². The first kappa shape index (κ1) is 9.21. The first-order chi connectivity index (χ1) is 6.34. The van der Waals surface area contributed by atoms with Crippen LogP contribution in [0.5, 0.6) is 5.75 Å². The molecule has 0 aromatic carbocycles. The Balaban J connectivity index is 1.97. The van der Waals surface area contributed by atoms with Gasteiger partial charge >= 0.3 is 0 Å². The fraction of sp³-hybridized carbons (Fsp3) is 0.444. The van der Waals surface area contributed by atoms with Gasteiger partial charge in [0.1, 0.15) is 15.6 Å². The Bertz CT molecular complexity index is 269. The minimum atomic E-state index is 0.321. The number of nitrogens with zero attached hydrogens (tertiary/aromatic N) is 1. The second-order valence-electron chi connectivity index (χ2n) is 3.05. The van der Waals surface area contributed by atoms with Crippen LogP contribution in [0.15, 0.2) is 18.3 Å². The van der Waals surface area contributed by atoms with Gasteiger partial charge in [0.25, 0.3) is 0 Å². The molecule has 4 heteroatoms. The van der Waals surface area contributed by atoms with E-state index in [1.807, 2.05) is 12.1 Å². The van der Waals surface area contributed by atoms with E-state index < -0.39 is 0 Å². The van der Waals surface area contributed by atoms with Crippen LogP contribution in [0, 0.1) is 3.70 Å². The zero-order valence-corrected chi connectivity index (χ0v) is 9.32. The monoisotopic (exact) mass is 290 g/mol. The van der Waals surface area contributed by atoms with Crippen LogP contribution in [-0.4, -0.2) is 24.2 Å². The summed E-state index contributed by atoms with van der Waals surface area (Å²) in [6, 6.07) is 3.92. The van der Waals surface area contributed by atoms with Crippen LogP contribution in [0.2, 0.25) is 0 Å². The van der Waals surface area contributed by atoms with Crippen molar-refractivity contribution in [1.29, 1.82) is 0 Å². The molecule has 1 aromatic rings. The largest absolute Gasteiger partial charge is 0.487 e. The highest BCUT2D eigenvalue weighted by atomic mass is 127. The number of halogens is 1. The maximum Gasteiger partial charge on any atom is 0.138 e. The van der Waals surface area contributed by atoms with Gasteiger partial charge in [0.05, 0.1) is 6.20 Å². The maximum absolute atomic E-state index is 5.70. The standard InChI is InChI=1S/C9H11IN2O/c10-9-2-1-7(6-12-9)13-8-3-4-11-5-8/h1-2,6,8,11H,3-5H2/t8-/m0/s1. The molecule has 0 saturated carbocycles. The summed E-state index contributed by atoms with van der Waals surface area (Å²) < 4.78 is 6.70. The molecule has 1 aromatic heterocycles. The van der Waals surface area contributed by atoms with Crippen molar-refractivity contribution in [1.82, 2.24) is 10.3 Å². The van der Waals surface area contributed by atoms with Gasteiger partial charge in [0.15, 0.2) is 0 Å². The van der Waals surface area contributed by atoms with E-state index in [2.05, 4.69) is 32.9 Å². The van der Waals surface area contributed by atoms with Gasteiger partial charge in [-0.25, -0.2) is 4.98 Å². The van der Waals surface area contributed by atoms with Gasteiger partial charge < -0.3 is 10.1 Å². The summed E-state index contributed by atoms with van der Waals surface area (Å²) in [5.41, 5.74) is 0. The molecule has 1 aliphatic rings. The van der Waals surface area contributed by atoms with Crippen molar-refractivity contribution in [2.45, 2.75) is 12.5 Å². The minimum Gasteiger partial charge on any atom is -0.487 e. The third kappa shape index (κ3) is 2.54. The summed E-state index contributed by atoms with van der Waals surface area (Å²) in [4.78, 5) is 4.16. The quantitative estimate of drug-likeness (QED) is 0.661. The average Bonchev–Trinajstić information content (AvgIpc) is 2.62. The summed E-state index contributed by atoms with van der Waals surface area (Å²) >= 11 is 2.18. The van der Waals surface area contributed by atoms with E-state index in [-0.39, 0.29) is 0 Å². The number of hydrogen-bond donors (Lipinski definition) is 1. The van der Waals surface area contributed by atoms with Gasteiger partial charge in [-0.1, -0.05) is 0 Å². The molecule has 1 aliphatic heterocycles. The van der Waals surface area contributed by atoms with Crippen molar-refractivity contribution >= 4 is 22.6 Å². The van der Waals surface area contributed by atoms with Crippen LogP contribution in [0.25, 0.3) is 0 Å². The lowest BCUT2D eigenvalue weighted by atomic mass is 10.3. The molecule has 1 atom stereocenters. The zero-order chi connectivity index (χ0) is 9.10. The smallest absolute Gasteiger partial charge is 0.138 e. The van der Waals surface area contributed by atoms with Gasteiger partial charge in [0, 0.05) is 6.54 Å². The molecular formula is C9H11IN2O. The first-order valence-electron chi connectivity index (χ1n) is 4.33. The summed E-state index contributed by atoms with van der Waals surface area (Å²) in [7, 11) is 0. The highest BCUT2D eigenvalue weighted by Gasteiger charge is 2.15. The zero-order valence-electron chi connectivity index (χ0n) is 7.16. The third-order valence-corrected chi connectivity index (χ3v) is 2.66. The Labute approximate surface area is 91.0 Å². The summed E-state index contributed by atoms with van der Waals surface area (Å²) in [5, 5.41) is 3.26. The SMILES string of the molecule is Ic1ccc(O[C@H]2CCNC2)cn1. The predicted molar refractivity (Wildman–Crippen MR) is 58.9 cm³/mol. The molecule has 2 rings (SSSR count). The van der Waals surface area contributed by atoms with Crippen molar-refractivity contribution in [3.05, 3.63) is 22.0 Å². The fourth-order valence-electron chi connectivity index (χ4n) is 1.35. The lowest BCUT2D eigenvalue weighted by Crippen LogP contribution is -2.19. The molecule has 13 heavy (non-hydrogen) atoms. The minimum absolute atomic E-state index is 0.321. The van der Waals surface area contributed by atoms with Crippen LogP contribution < -0.4 is 10.1 Å². The van der Waals surface area contributed by atoms with E-state index in [4.69, 9.17) is 4.74 Å². The van der Waals surface area contributed by atoms with Crippen molar-refractivity contribution < 1.29 is 4.74 Å². The van der Waals surface area contributed by atoms with Gasteiger partial charge in [0.2, 0.25) is 0 Å². The Morgan fingerprint density at radius 2 is 2.46 bits per heavy atom. The maximum atomic E-state index is 5.70. The normalized spacial score (nSPS) is 21.8. The Morgan fingerprint density at radius 3 is 3.08 bits per heavy atom. The number of ether oxygens (including phenoxy) is 1. The first-order valence-corrected chi connectivity index (χ1v) is 5.41. The molecule has 1 fully saturated rings. The Morgan fingerprint density at radius 1 is 1.54 bits per heavy atom. The van der Waals surface area contributed by atoms with E-state index in [9.17, 15) is 0 Å². The summed E-state index contributed by atoms with van der Waals surface area (Å²) in [6.45, 7) is 2.01. The molecule has 3 nitrogen and oxygen atoms in total. The fourth-order valence-corrected chi connectivity index (χ4v) is 1.67. The molecule has 0 unspecified atom stereocenters. The molecule has 1 N–H and O–H groups in total. The van der Waals surface area contributed by atoms with Crippen molar-refractivity contribution in [2.75, 3.05) is 13.1 Å². The van der Waals surface area contributed by atoms with E-state index in [0.717, 1.165) is 29.0 Å². The number of aromatic nitrogens is 1. The molecule has 1 saturated heterocycles. The summed E-state index contributed by atoms with van der Waals surface area (Å²) in [5.74, 6) is 0.870. The number of rotatable bonds is 2. The van der Waals surface area contributed by atoms with Crippen molar-refractivity contribution in [3.8, 4) is 5.75 Å². The third-order valence-electron chi connectivity index (χ3n) is 2.02. The second-order valence-corrected chi connectivity index (χ2v) is 4.15. The van der Waals surface area contributed by atoms with Crippen LogP contribution in [0.1, 0.15) is 6.42 Å². The van der Waals surface area contributed by atoms with E-state index in [1.54, 1.807) is 6.20 Å². The van der Waals surface area contributed by atoms with E-state index in [1.165, 1.54) is 0 Å². The Hall–Kier alpha value is -0.360. The van der Waals surface area contributed by atoms with Crippen LogP contribution in [0.3, 0.4) is 0 Å². The molecule has 70 valence electrons. The molecule has 0 spiro atoms. The van der Waals surface area contributed by atoms with E-state index in [0.29, 0.717) is 6.10 Å². The predicted octanol–water partition coefficient (Wildman–Crippen LogP) is 1.43. The highest BCUT2D eigenvalue weighted by molar-refractivity contribution is 14.1. The molecule has 0 aliphatic carbocycles. The Kier molecular flexibility index (Phi) is 3.00. The van der Waals surface area contributed by atoms with Crippen LogP contribution in [0.4, 0.5) is 0 Å².